The second-order valence-electron chi connectivity index (χ2n) is 3.09. The fourth-order valence-electron chi connectivity index (χ4n) is 1.30. The zero-order valence-electron chi connectivity index (χ0n) is 7.44. The normalized spacial score (nSPS) is 10.6. The van der Waals surface area contributed by atoms with Crippen molar-refractivity contribution in [2.75, 3.05) is 0 Å². The summed E-state index contributed by atoms with van der Waals surface area (Å²) >= 11 is 0. The summed E-state index contributed by atoms with van der Waals surface area (Å²) in [6.07, 6.45) is 0. The molecule has 1 aromatic carbocycles. The number of aromatic nitrogens is 2. The Labute approximate surface area is 78.2 Å². The maximum Gasteiger partial charge on any atom is 0.348 e. The lowest BCUT2D eigenvalue weighted by Gasteiger charge is -2.02. The van der Waals surface area contributed by atoms with Crippen LogP contribution < -0.4 is 11.1 Å². The van der Waals surface area contributed by atoms with E-state index in [-0.39, 0.29) is 0 Å². The van der Waals surface area contributed by atoms with E-state index in [9.17, 15) is 14.8 Å². The number of fused-ring (bicyclic) bond motifs is 1. The van der Waals surface area contributed by atoms with Crippen LogP contribution in [0.25, 0.3) is 11.0 Å². The van der Waals surface area contributed by atoms with Gasteiger partial charge >= 0.3 is 11.1 Å². The summed E-state index contributed by atoms with van der Waals surface area (Å²) in [6, 6.07) is 5.04. The smallest absolute Gasteiger partial charge is 0.348 e. The summed E-state index contributed by atoms with van der Waals surface area (Å²) in [5.41, 5.74) is -0.170. The van der Waals surface area contributed by atoms with Crippen molar-refractivity contribution in [2.24, 2.45) is 0 Å². The van der Waals surface area contributed by atoms with Crippen molar-refractivity contribution in [1.29, 1.82) is 0 Å². The number of aryl methyl sites for hydroxylation is 1. The molecule has 5 nitrogen and oxygen atoms in total. The zero-order chi connectivity index (χ0) is 10.3. The Balaban J connectivity index is 3.07. The van der Waals surface area contributed by atoms with Crippen LogP contribution in [0.15, 0.2) is 27.8 Å². The molecular weight excluding hydrogens is 184 g/mol. The number of benzene rings is 1. The van der Waals surface area contributed by atoms with Crippen LogP contribution in [0.1, 0.15) is 5.56 Å². The Morgan fingerprint density at radius 2 is 2.07 bits per heavy atom. The molecule has 72 valence electrons. The van der Waals surface area contributed by atoms with Gasteiger partial charge in [-0.1, -0.05) is 6.07 Å². The van der Waals surface area contributed by atoms with Crippen molar-refractivity contribution in [3.05, 3.63) is 44.5 Å². The molecule has 1 aromatic heterocycles. The first-order chi connectivity index (χ1) is 6.59. The Kier molecular flexibility index (Phi) is 1.67. The van der Waals surface area contributed by atoms with Gasteiger partial charge in [0.25, 0.3) is 0 Å². The summed E-state index contributed by atoms with van der Waals surface area (Å²) in [6.45, 7) is 1.83. The van der Waals surface area contributed by atoms with Crippen molar-refractivity contribution in [3.8, 4) is 0 Å². The average molecular weight is 192 g/mol. The van der Waals surface area contributed by atoms with E-state index in [0.29, 0.717) is 15.8 Å². The van der Waals surface area contributed by atoms with E-state index in [2.05, 4.69) is 4.98 Å². The van der Waals surface area contributed by atoms with Crippen molar-refractivity contribution < 1.29 is 5.21 Å². The maximum absolute atomic E-state index is 11.1. The van der Waals surface area contributed by atoms with E-state index in [1.807, 2.05) is 6.92 Å². The van der Waals surface area contributed by atoms with Gasteiger partial charge in [0.1, 0.15) is 5.52 Å². The first-order valence-corrected chi connectivity index (χ1v) is 4.04. The minimum atomic E-state index is -0.969. The SMILES string of the molecule is Cc1ccc2[nH]c(=O)c(=O)n(O)c2c1. The van der Waals surface area contributed by atoms with Crippen molar-refractivity contribution in [3.63, 3.8) is 0 Å². The molecule has 1 heterocycles. The standard InChI is InChI=1S/C9H8N2O3/c1-5-2-3-6-7(4-5)11(14)9(13)8(12)10-6/h2-4,14H,1H3,(H,10,12). The molecule has 0 radical (unpaired) electrons. The van der Waals surface area contributed by atoms with Crippen molar-refractivity contribution in [2.45, 2.75) is 6.92 Å². The van der Waals surface area contributed by atoms with Crippen LogP contribution in [0, 0.1) is 6.92 Å². The van der Waals surface area contributed by atoms with E-state index in [4.69, 9.17) is 0 Å². The minimum Gasteiger partial charge on any atom is -0.425 e. The molecule has 2 aromatic rings. The zero-order valence-corrected chi connectivity index (χ0v) is 7.44. The molecule has 0 bridgehead atoms. The van der Waals surface area contributed by atoms with Crippen molar-refractivity contribution in [1.82, 2.24) is 9.71 Å². The average Bonchev–Trinajstić information content (AvgIpc) is 2.16. The number of nitrogens with one attached hydrogen (secondary N) is 1. The number of nitrogens with zero attached hydrogens (tertiary/aromatic N) is 1. The molecule has 5 heteroatoms. The van der Waals surface area contributed by atoms with Gasteiger partial charge in [-0.15, -0.1) is 4.73 Å². The molecule has 0 aliphatic rings. The van der Waals surface area contributed by atoms with Crippen LogP contribution in [0.3, 0.4) is 0 Å². The fraction of sp³-hybridized carbons (Fsp3) is 0.111. The molecular formula is C9H8N2O3. The lowest BCUT2D eigenvalue weighted by Crippen LogP contribution is -2.35. The third-order valence-electron chi connectivity index (χ3n) is 2.02. The number of rotatable bonds is 0. The second kappa shape index (κ2) is 2.73. The van der Waals surface area contributed by atoms with Gasteiger partial charge in [0.05, 0.1) is 5.52 Å². The summed E-state index contributed by atoms with van der Waals surface area (Å²) in [5.74, 6) is 0. The molecule has 0 aliphatic carbocycles. The van der Waals surface area contributed by atoms with Gasteiger partial charge in [-0.2, -0.15) is 0 Å². The highest BCUT2D eigenvalue weighted by atomic mass is 16.5. The molecule has 0 aliphatic heterocycles. The highest BCUT2D eigenvalue weighted by Gasteiger charge is 2.05. The molecule has 2 N–H and O–H groups in total. The van der Waals surface area contributed by atoms with Gasteiger partial charge in [-0.05, 0) is 24.6 Å². The predicted molar refractivity (Wildman–Crippen MR) is 50.8 cm³/mol. The summed E-state index contributed by atoms with van der Waals surface area (Å²) < 4.78 is 0.362. The highest BCUT2D eigenvalue weighted by Crippen LogP contribution is 2.08. The van der Waals surface area contributed by atoms with Gasteiger partial charge in [0.2, 0.25) is 0 Å². The number of hydrogen-bond acceptors (Lipinski definition) is 3. The molecule has 0 unspecified atom stereocenters. The predicted octanol–water partition coefficient (Wildman–Crippen LogP) is 0.236. The fourth-order valence-corrected chi connectivity index (χ4v) is 1.30. The largest absolute Gasteiger partial charge is 0.425 e. The third-order valence-corrected chi connectivity index (χ3v) is 2.02. The molecule has 0 saturated carbocycles. The van der Waals surface area contributed by atoms with Gasteiger partial charge in [-0.25, -0.2) is 0 Å². The van der Waals surface area contributed by atoms with E-state index in [1.165, 1.54) is 0 Å². The summed E-state index contributed by atoms with van der Waals surface area (Å²) in [7, 11) is 0. The number of hydrogen-bond donors (Lipinski definition) is 2. The topological polar surface area (TPSA) is 75.1 Å². The van der Waals surface area contributed by atoms with E-state index < -0.39 is 11.1 Å². The van der Waals surface area contributed by atoms with Crippen molar-refractivity contribution >= 4 is 11.0 Å². The Bertz CT molecular complexity index is 609. The lowest BCUT2D eigenvalue weighted by molar-refractivity contribution is 0.186. The molecule has 0 amide bonds. The summed E-state index contributed by atoms with van der Waals surface area (Å²) in [5, 5.41) is 9.35. The van der Waals surface area contributed by atoms with Gasteiger partial charge < -0.3 is 10.2 Å². The van der Waals surface area contributed by atoms with Crippen LogP contribution >= 0.6 is 0 Å². The van der Waals surface area contributed by atoms with E-state index in [0.717, 1.165) is 5.56 Å². The quantitative estimate of drug-likeness (QED) is 0.463. The monoisotopic (exact) mass is 192 g/mol. The Morgan fingerprint density at radius 3 is 2.79 bits per heavy atom. The molecule has 14 heavy (non-hydrogen) atoms. The third kappa shape index (κ3) is 1.10. The van der Waals surface area contributed by atoms with Crippen LogP contribution in [0.4, 0.5) is 0 Å². The Morgan fingerprint density at radius 1 is 1.36 bits per heavy atom. The first kappa shape index (κ1) is 8.55. The number of H-pyrrole nitrogens is 1. The molecule has 0 fully saturated rings. The van der Waals surface area contributed by atoms with Gasteiger partial charge in [0.15, 0.2) is 0 Å². The van der Waals surface area contributed by atoms with Gasteiger partial charge in [0, 0.05) is 0 Å². The molecule has 0 spiro atoms. The van der Waals surface area contributed by atoms with Crippen LogP contribution in [-0.4, -0.2) is 14.9 Å². The van der Waals surface area contributed by atoms with Gasteiger partial charge in [-0.3, -0.25) is 9.59 Å². The second-order valence-corrected chi connectivity index (χ2v) is 3.09. The molecule has 2 rings (SSSR count). The highest BCUT2D eigenvalue weighted by molar-refractivity contribution is 5.74. The van der Waals surface area contributed by atoms with E-state index in [1.54, 1.807) is 18.2 Å². The van der Waals surface area contributed by atoms with Crippen LogP contribution in [0.5, 0.6) is 0 Å². The molecule has 0 atom stereocenters. The molecule has 0 saturated heterocycles. The first-order valence-electron chi connectivity index (χ1n) is 4.04. The van der Waals surface area contributed by atoms with Crippen LogP contribution in [-0.2, 0) is 0 Å². The minimum absolute atomic E-state index is 0.301. The maximum atomic E-state index is 11.1. The Hall–Kier alpha value is -2.04. The number of aromatic amines is 1. The lowest BCUT2D eigenvalue weighted by atomic mass is 10.2. The summed E-state index contributed by atoms with van der Waals surface area (Å²) in [4.78, 5) is 24.4. The van der Waals surface area contributed by atoms with Crippen LogP contribution in [0.2, 0.25) is 0 Å². The van der Waals surface area contributed by atoms with E-state index >= 15 is 0 Å².